The highest BCUT2D eigenvalue weighted by Crippen LogP contribution is 2.29. The van der Waals surface area contributed by atoms with E-state index in [0.29, 0.717) is 39.5 Å². The van der Waals surface area contributed by atoms with Gasteiger partial charge in [-0.2, -0.15) is 0 Å². The highest BCUT2D eigenvalue weighted by Gasteiger charge is 2.14. The second kappa shape index (κ2) is 7.71. The van der Waals surface area contributed by atoms with Crippen LogP contribution in [0.25, 0.3) is 10.7 Å². The fourth-order valence-corrected chi connectivity index (χ4v) is 2.83. The summed E-state index contributed by atoms with van der Waals surface area (Å²) in [6.07, 6.45) is 1.68. The molecule has 0 aliphatic carbocycles. The van der Waals surface area contributed by atoms with E-state index in [4.69, 9.17) is 9.47 Å². The number of rotatable bonds is 6. The normalized spacial score (nSPS) is 10.3. The van der Waals surface area contributed by atoms with Gasteiger partial charge < -0.3 is 9.47 Å². The molecule has 2 aromatic heterocycles. The first-order chi connectivity index (χ1) is 12.2. The minimum Gasteiger partial charge on any atom is -0.493 e. The molecule has 0 aliphatic rings. The van der Waals surface area contributed by atoms with Gasteiger partial charge in [-0.05, 0) is 37.3 Å². The molecule has 0 spiro atoms. The summed E-state index contributed by atoms with van der Waals surface area (Å²) in [4.78, 5) is 16.6. The average Bonchev–Trinajstić information content (AvgIpc) is 3.11. The molecule has 0 unspecified atom stereocenters. The monoisotopic (exact) mass is 356 g/mol. The van der Waals surface area contributed by atoms with Crippen molar-refractivity contribution in [3.8, 4) is 22.2 Å². The number of ether oxygens (including phenoxy) is 2. The van der Waals surface area contributed by atoms with Crippen molar-refractivity contribution in [3.05, 3.63) is 48.2 Å². The molecular formula is C17H16N4O3S. The molecular weight excluding hydrogens is 340 g/mol. The van der Waals surface area contributed by atoms with Crippen LogP contribution in [0.2, 0.25) is 0 Å². The number of hydrogen-bond donors (Lipinski definition) is 1. The Hall–Kier alpha value is -3.00. The summed E-state index contributed by atoms with van der Waals surface area (Å²) in [6.45, 7) is 2.40. The number of nitrogens with zero attached hydrogens (tertiary/aromatic N) is 3. The van der Waals surface area contributed by atoms with Crippen molar-refractivity contribution < 1.29 is 14.3 Å². The predicted octanol–water partition coefficient (Wildman–Crippen LogP) is 3.26. The molecule has 3 aromatic rings. The summed E-state index contributed by atoms with van der Waals surface area (Å²) in [5.41, 5.74) is 1.15. The van der Waals surface area contributed by atoms with Crippen LogP contribution in [0.3, 0.4) is 0 Å². The number of methoxy groups -OCH3 is 1. The van der Waals surface area contributed by atoms with Gasteiger partial charge in [-0.1, -0.05) is 17.4 Å². The zero-order valence-corrected chi connectivity index (χ0v) is 14.5. The molecule has 1 amide bonds. The van der Waals surface area contributed by atoms with Crippen molar-refractivity contribution in [2.75, 3.05) is 19.0 Å². The topological polar surface area (TPSA) is 86.2 Å². The van der Waals surface area contributed by atoms with E-state index in [1.165, 1.54) is 18.4 Å². The van der Waals surface area contributed by atoms with Crippen LogP contribution in [0.15, 0.2) is 42.6 Å². The zero-order valence-electron chi connectivity index (χ0n) is 13.7. The molecule has 25 heavy (non-hydrogen) atoms. The SMILES string of the molecule is CCOc1ccc(C(=O)Nc2nnc(-c3ccccn3)s2)cc1OC. The molecule has 1 aromatic carbocycles. The summed E-state index contributed by atoms with van der Waals surface area (Å²) < 4.78 is 10.7. The Morgan fingerprint density at radius 2 is 2.08 bits per heavy atom. The Labute approximate surface area is 148 Å². The number of benzene rings is 1. The molecule has 1 N–H and O–H groups in total. The number of pyridine rings is 1. The Balaban J connectivity index is 1.75. The maximum absolute atomic E-state index is 12.4. The third-order valence-corrected chi connectivity index (χ3v) is 4.12. The Morgan fingerprint density at radius 1 is 1.20 bits per heavy atom. The molecule has 128 valence electrons. The number of carbonyl (C=O) groups excluding carboxylic acids is 1. The van der Waals surface area contributed by atoms with Crippen molar-refractivity contribution in [2.24, 2.45) is 0 Å². The van der Waals surface area contributed by atoms with Crippen LogP contribution in [-0.4, -0.2) is 34.8 Å². The van der Waals surface area contributed by atoms with Crippen molar-refractivity contribution in [3.63, 3.8) is 0 Å². The van der Waals surface area contributed by atoms with E-state index in [2.05, 4.69) is 20.5 Å². The van der Waals surface area contributed by atoms with Gasteiger partial charge in [0.1, 0.15) is 5.69 Å². The third-order valence-electron chi connectivity index (χ3n) is 3.26. The largest absolute Gasteiger partial charge is 0.493 e. The molecule has 0 saturated heterocycles. The Kier molecular flexibility index (Phi) is 5.20. The lowest BCUT2D eigenvalue weighted by Crippen LogP contribution is -2.12. The first kappa shape index (κ1) is 16.8. The van der Waals surface area contributed by atoms with Gasteiger partial charge in [-0.3, -0.25) is 15.1 Å². The van der Waals surface area contributed by atoms with Gasteiger partial charge in [0.15, 0.2) is 16.5 Å². The van der Waals surface area contributed by atoms with E-state index < -0.39 is 0 Å². The Morgan fingerprint density at radius 3 is 2.80 bits per heavy atom. The van der Waals surface area contributed by atoms with Crippen molar-refractivity contribution >= 4 is 22.4 Å². The number of amides is 1. The van der Waals surface area contributed by atoms with E-state index in [1.807, 2.05) is 25.1 Å². The number of anilines is 1. The molecule has 0 fully saturated rings. The van der Waals surface area contributed by atoms with Crippen molar-refractivity contribution in [1.29, 1.82) is 0 Å². The standard InChI is InChI=1S/C17H16N4O3S/c1-3-24-13-8-7-11(10-14(13)23-2)15(22)19-17-21-20-16(25-17)12-6-4-5-9-18-12/h4-10H,3H2,1-2H3,(H,19,21,22). The van der Waals surface area contributed by atoms with Crippen molar-refractivity contribution in [1.82, 2.24) is 15.2 Å². The number of nitrogens with one attached hydrogen (secondary N) is 1. The average molecular weight is 356 g/mol. The van der Waals surface area contributed by atoms with Crippen LogP contribution in [-0.2, 0) is 0 Å². The maximum Gasteiger partial charge on any atom is 0.257 e. The van der Waals surface area contributed by atoms with Crippen LogP contribution in [0.1, 0.15) is 17.3 Å². The quantitative estimate of drug-likeness (QED) is 0.729. The minimum absolute atomic E-state index is 0.301. The summed E-state index contributed by atoms with van der Waals surface area (Å²) >= 11 is 1.26. The van der Waals surface area contributed by atoms with Gasteiger partial charge in [0.05, 0.1) is 13.7 Å². The van der Waals surface area contributed by atoms with E-state index in [1.54, 1.807) is 24.4 Å². The lowest BCUT2D eigenvalue weighted by Gasteiger charge is -2.10. The summed E-state index contributed by atoms with van der Waals surface area (Å²) in [5, 5.41) is 11.8. The van der Waals surface area contributed by atoms with Gasteiger partial charge in [0.25, 0.3) is 5.91 Å². The first-order valence-corrected chi connectivity index (χ1v) is 8.40. The summed E-state index contributed by atoms with van der Waals surface area (Å²) in [5.74, 6) is 0.793. The Bertz CT molecular complexity index is 867. The molecule has 3 rings (SSSR count). The number of carbonyl (C=O) groups is 1. The van der Waals surface area contributed by atoms with Crippen molar-refractivity contribution in [2.45, 2.75) is 6.92 Å². The van der Waals surface area contributed by atoms with Crippen LogP contribution < -0.4 is 14.8 Å². The maximum atomic E-state index is 12.4. The first-order valence-electron chi connectivity index (χ1n) is 7.58. The zero-order chi connectivity index (χ0) is 17.6. The molecule has 8 heteroatoms. The van der Waals surface area contributed by atoms with Gasteiger partial charge in [0.2, 0.25) is 5.13 Å². The van der Waals surface area contributed by atoms with Gasteiger partial charge in [-0.15, -0.1) is 10.2 Å². The molecule has 0 bridgehead atoms. The molecule has 0 radical (unpaired) electrons. The smallest absolute Gasteiger partial charge is 0.257 e. The van der Waals surface area contributed by atoms with Crippen LogP contribution in [0.4, 0.5) is 5.13 Å². The lowest BCUT2D eigenvalue weighted by atomic mass is 10.2. The van der Waals surface area contributed by atoms with Crippen LogP contribution in [0, 0.1) is 0 Å². The van der Waals surface area contributed by atoms with Gasteiger partial charge in [-0.25, -0.2) is 0 Å². The highest BCUT2D eigenvalue weighted by molar-refractivity contribution is 7.18. The highest BCUT2D eigenvalue weighted by atomic mass is 32.1. The van der Waals surface area contributed by atoms with Gasteiger partial charge >= 0.3 is 0 Å². The minimum atomic E-state index is -0.301. The molecule has 0 aliphatic heterocycles. The van der Waals surface area contributed by atoms with E-state index in [0.717, 1.165) is 0 Å². The second-order valence-electron chi connectivity index (χ2n) is 4.88. The van der Waals surface area contributed by atoms with E-state index in [-0.39, 0.29) is 5.91 Å². The van der Waals surface area contributed by atoms with Gasteiger partial charge in [0, 0.05) is 11.8 Å². The molecule has 2 heterocycles. The van der Waals surface area contributed by atoms with Crippen LogP contribution >= 0.6 is 11.3 Å². The molecule has 0 saturated carbocycles. The fourth-order valence-electron chi connectivity index (χ4n) is 2.12. The molecule has 0 atom stereocenters. The van der Waals surface area contributed by atoms with Crippen LogP contribution in [0.5, 0.6) is 11.5 Å². The summed E-state index contributed by atoms with van der Waals surface area (Å²) in [6, 6.07) is 10.5. The number of hydrogen-bond acceptors (Lipinski definition) is 7. The van der Waals surface area contributed by atoms with E-state index in [9.17, 15) is 4.79 Å². The fraction of sp³-hybridized carbons (Fsp3) is 0.176. The lowest BCUT2D eigenvalue weighted by molar-refractivity contribution is 0.102. The van der Waals surface area contributed by atoms with E-state index >= 15 is 0 Å². The number of aromatic nitrogens is 3. The summed E-state index contributed by atoms with van der Waals surface area (Å²) in [7, 11) is 1.53. The predicted molar refractivity (Wildman–Crippen MR) is 95.3 cm³/mol. The molecule has 7 nitrogen and oxygen atoms in total. The second-order valence-corrected chi connectivity index (χ2v) is 5.86. The third kappa shape index (κ3) is 3.92.